The van der Waals surface area contributed by atoms with E-state index in [4.69, 9.17) is 9.47 Å². The zero-order valence-electron chi connectivity index (χ0n) is 22.6. The van der Waals surface area contributed by atoms with E-state index in [1.807, 2.05) is 13.0 Å². The van der Waals surface area contributed by atoms with E-state index in [-0.39, 0.29) is 35.8 Å². The van der Waals surface area contributed by atoms with E-state index in [0.717, 1.165) is 42.5 Å². The minimum Gasteiger partial charge on any atom is -0.466 e. The van der Waals surface area contributed by atoms with E-state index in [2.05, 4.69) is 34.3 Å². The third kappa shape index (κ3) is 5.28. The highest BCUT2D eigenvalue weighted by atomic mass is 19.1. The van der Waals surface area contributed by atoms with Gasteiger partial charge in [0.2, 0.25) is 0 Å². The third-order valence-electron chi connectivity index (χ3n) is 8.54. The van der Waals surface area contributed by atoms with E-state index in [1.54, 1.807) is 24.3 Å². The van der Waals surface area contributed by atoms with Crippen molar-refractivity contribution >= 4 is 16.9 Å². The second-order valence-electron chi connectivity index (χ2n) is 10.8. The summed E-state index contributed by atoms with van der Waals surface area (Å²) < 4.78 is 39.9. The molecule has 0 aliphatic carbocycles. The van der Waals surface area contributed by atoms with Crippen molar-refractivity contribution in [2.45, 2.75) is 56.9 Å². The molecule has 3 aromatic carbocycles. The van der Waals surface area contributed by atoms with Crippen molar-refractivity contribution in [2.24, 2.45) is 5.92 Å². The minimum atomic E-state index is -0.569. The molecule has 2 aliphatic rings. The van der Waals surface area contributed by atoms with E-state index in [1.165, 1.54) is 35.2 Å². The lowest BCUT2D eigenvalue weighted by Gasteiger charge is -2.44. The third-order valence-corrected chi connectivity index (χ3v) is 8.54. The van der Waals surface area contributed by atoms with Gasteiger partial charge >= 0.3 is 5.97 Å². The lowest BCUT2D eigenvalue weighted by molar-refractivity contribution is -0.165. The van der Waals surface area contributed by atoms with Gasteiger partial charge in [-0.3, -0.25) is 9.69 Å². The van der Waals surface area contributed by atoms with Gasteiger partial charge in [-0.15, -0.1) is 0 Å². The van der Waals surface area contributed by atoms with Crippen LogP contribution in [0.25, 0.3) is 10.9 Å². The Hall–Kier alpha value is -3.55. The smallest absolute Gasteiger partial charge is 0.313 e. The molecule has 1 aromatic heterocycles. The highest BCUT2D eigenvalue weighted by Crippen LogP contribution is 2.44. The number of nitrogens with zero attached hydrogens (tertiary/aromatic N) is 1. The summed E-state index contributed by atoms with van der Waals surface area (Å²) >= 11 is 0. The van der Waals surface area contributed by atoms with Gasteiger partial charge in [-0.05, 0) is 79.6 Å². The van der Waals surface area contributed by atoms with Crippen molar-refractivity contribution in [1.29, 1.82) is 0 Å². The summed E-state index contributed by atoms with van der Waals surface area (Å²) in [5.41, 5.74) is 3.91. The van der Waals surface area contributed by atoms with Gasteiger partial charge in [-0.25, -0.2) is 8.78 Å². The molecule has 2 fully saturated rings. The molecule has 40 heavy (non-hydrogen) atoms. The maximum Gasteiger partial charge on any atom is 0.313 e. The molecule has 2 saturated heterocycles. The van der Waals surface area contributed by atoms with E-state index in [0.29, 0.717) is 13.0 Å². The van der Waals surface area contributed by atoms with Crippen LogP contribution in [-0.4, -0.2) is 47.2 Å². The largest absolute Gasteiger partial charge is 0.466 e. The number of H-pyrrole nitrogens is 1. The zero-order chi connectivity index (χ0) is 27.6. The average molecular weight is 545 g/mol. The van der Waals surface area contributed by atoms with Gasteiger partial charge in [0.15, 0.2) is 0 Å². The number of hydrogen-bond acceptors (Lipinski definition) is 4. The van der Waals surface area contributed by atoms with Gasteiger partial charge in [0, 0.05) is 35.7 Å². The second kappa shape index (κ2) is 11.5. The summed E-state index contributed by atoms with van der Waals surface area (Å²) in [7, 11) is 0. The Morgan fingerprint density at radius 1 is 0.975 bits per heavy atom. The topological polar surface area (TPSA) is 54.6 Å². The molecule has 2 aliphatic heterocycles. The van der Waals surface area contributed by atoms with Gasteiger partial charge in [0.1, 0.15) is 17.7 Å². The number of nitrogens with one attached hydrogen (secondary N) is 1. The van der Waals surface area contributed by atoms with Crippen LogP contribution >= 0.6 is 0 Å². The zero-order valence-corrected chi connectivity index (χ0v) is 22.6. The Bertz CT molecular complexity index is 1410. The molecule has 0 radical (unpaired) electrons. The highest BCUT2D eigenvalue weighted by molar-refractivity contribution is 5.83. The fourth-order valence-electron chi connectivity index (χ4n) is 6.69. The summed E-state index contributed by atoms with van der Waals surface area (Å²) in [5, 5.41) is 1.23. The van der Waals surface area contributed by atoms with Crippen LogP contribution in [0.3, 0.4) is 0 Å². The summed E-state index contributed by atoms with van der Waals surface area (Å²) in [5.74, 6) is -1.38. The van der Waals surface area contributed by atoms with E-state index >= 15 is 0 Å². The van der Waals surface area contributed by atoms with Crippen LogP contribution < -0.4 is 0 Å². The molecular formula is C33H34F2N2O3. The predicted molar refractivity (Wildman–Crippen MR) is 150 cm³/mol. The highest BCUT2D eigenvalue weighted by Gasteiger charge is 2.51. The van der Waals surface area contributed by atoms with Crippen LogP contribution in [-0.2, 0) is 20.7 Å². The standard InChI is InChI=1S/C33H34F2N2O3/c1-2-39-33(38)31-29-16-15-26(37(29)18-17-23-20-36-28-6-4-3-5-27(23)28)19-30(31)40-32(21-7-11-24(34)12-8-21)22-9-13-25(35)14-10-22/h3-14,20,26,29-32,36H,2,15-19H2,1H3/t26?,29?,30-,31+/m0/s1. The van der Waals surface area contributed by atoms with Crippen LogP contribution in [0.2, 0.25) is 0 Å². The normalized spacial score (nSPS) is 22.7. The molecule has 4 aromatic rings. The number of benzene rings is 3. The van der Waals surface area contributed by atoms with E-state index in [9.17, 15) is 13.6 Å². The van der Waals surface area contributed by atoms with Crippen LogP contribution in [0.1, 0.15) is 49.0 Å². The maximum atomic E-state index is 13.8. The number of carbonyl (C=O) groups excluding carboxylic acids is 1. The lowest BCUT2D eigenvalue weighted by atomic mass is 9.86. The van der Waals surface area contributed by atoms with Gasteiger partial charge in [-0.2, -0.15) is 0 Å². The first-order chi connectivity index (χ1) is 19.5. The summed E-state index contributed by atoms with van der Waals surface area (Å²) in [6.45, 7) is 2.97. The molecule has 0 amide bonds. The van der Waals surface area contributed by atoms with Gasteiger partial charge in [0.25, 0.3) is 0 Å². The molecule has 0 saturated carbocycles. The lowest BCUT2D eigenvalue weighted by Crippen LogP contribution is -2.55. The fourth-order valence-corrected chi connectivity index (χ4v) is 6.69. The van der Waals surface area contributed by atoms with Gasteiger partial charge in [0.05, 0.1) is 18.6 Å². The molecule has 4 atom stereocenters. The number of rotatable bonds is 9. The van der Waals surface area contributed by atoms with Crippen molar-refractivity contribution < 1.29 is 23.0 Å². The van der Waals surface area contributed by atoms with Crippen LogP contribution in [0.4, 0.5) is 8.78 Å². The molecule has 6 rings (SSSR count). The molecular weight excluding hydrogens is 510 g/mol. The second-order valence-corrected chi connectivity index (χ2v) is 10.8. The van der Waals surface area contributed by atoms with Crippen LogP contribution in [0.5, 0.6) is 0 Å². The Kier molecular flexibility index (Phi) is 7.67. The molecule has 1 N–H and O–H groups in total. The summed E-state index contributed by atoms with van der Waals surface area (Å²) in [6, 6.07) is 21.0. The van der Waals surface area contributed by atoms with Crippen molar-refractivity contribution in [3.63, 3.8) is 0 Å². The van der Waals surface area contributed by atoms with Gasteiger partial charge < -0.3 is 14.5 Å². The number of ether oxygens (including phenoxy) is 2. The first-order valence-electron chi connectivity index (χ1n) is 14.2. The number of carbonyl (C=O) groups is 1. The summed E-state index contributed by atoms with van der Waals surface area (Å²) in [4.78, 5) is 19.3. The molecule has 3 heterocycles. The number of esters is 1. The van der Waals surface area contributed by atoms with E-state index < -0.39 is 12.0 Å². The first-order valence-corrected chi connectivity index (χ1v) is 14.2. The SMILES string of the molecule is CCOC(=O)[C@@H]1C2CCC(C[C@@H]1OC(c1ccc(F)cc1)c1ccc(F)cc1)N2CCc1c[nH]c2ccccc12. The molecule has 208 valence electrons. The Morgan fingerprint density at radius 3 is 2.33 bits per heavy atom. The number of hydrogen-bond donors (Lipinski definition) is 1. The monoisotopic (exact) mass is 544 g/mol. The van der Waals surface area contributed by atoms with Crippen LogP contribution in [0, 0.1) is 17.6 Å². The molecule has 2 unspecified atom stereocenters. The molecule has 2 bridgehead atoms. The Labute approximate surface area is 233 Å². The number of fused-ring (bicyclic) bond motifs is 3. The Balaban J connectivity index is 1.27. The number of aromatic nitrogens is 1. The maximum absolute atomic E-state index is 13.8. The first kappa shape index (κ1) is 26.7. The fraction of sp³-hybridized carbons (Fsp3) is 0.364. The molecule has 7 heteroatoms. The number of halogens is 2. The Morgan fingerprint density at radius 2 is 1.65 bits per heavy atom. The molecule has 0 spiro atoms. The van der Waals surface area contributed by atoms with Crippen molar-refractivity contribution in [1.82, 2.24) is 9.88 Å². The summed E-state index contributed by atoms with van der Waals surface area (Å²) in [6.07, 6.45) is 4.59. The quantitative estimate of drug-likeness (QED) is 0.242. The van der Waals surface area contributed by atoms with Crippen molar-refractivity contribution in [3.05, 3.63) is 107 Å². The average Bonchev–Trinajstić information content (AvgIpc) is 3.50. The van der Waals surface area contributed by atoms with Crippen molar-refractivity contribution in [3.8, 4) is 0 Å². The number of piperidine rings is 1. The minimum absolute atomic E-state index is 0.00934. The van der Waals surface area contributed by atoms with Gasteiger partial charge in [-0.1, -0.05) is 42.5 Å². The number of aromatic amines is 1. The van der Waals surface area contributed by atoms with Crippen LogP contribution in [0.15, 0.2) is 79.0 Å². The molecule has 5 nitrogen and oxygen atoms in total. The van der Waals surface area contributed by atoms with Crippen molar-refractivity contribution in [2.75, 3.05) is 13.2 Å². The number of para-hydroxylation sites is 1. The predicted octanol–water partition coefficient (Wildman–Crippen LogP) is 6.58.